The molecular formula is C88H132N6O43S3. The highest BCUT2D eigenvalue weighted by atomic mass is 32.2. The lowest BCUT2D eigenvalue weighted by atomic mass is 9.81. The number of ether oxygens (including phenoxy) is 2. The van der Waals surface area contributed by atoms with E-state index in [0.717, 1.165) is 120 Å². The van der Waals surface area contributed by atoms with Crippen molar-refractivity contribution in [3.8, 4) is 0 Å². The van der Waals surface area contributed by atoms with Crippen molar-refractivity contribution in [2.24, 2.45) is 28.5 Å². The molecule has 52 heteroatoms. The summed E-state index contributed by atoms with van der Waals surface area (Å²) in [7, 11) is 0. The van der Waals surface area contributed by atoms with Gasteiger partial charge >= 0.3 is 119 Å². The number of nitrogens with one attached hydrogen (secondary N) is 4. The number of hydrogen-bond acceptors (Lipinski definition) is 29. The van der Waals surface area contributed by atoms with Crippen LogP contribution in [-0.2, 0) is 121 Å². The van der Waals surface area contributed by atoms with Crippen molar-refractivity contribution >= 4 is 179 Å². The Balaban J connectivity index is -0.000000493. The summed E-state index contributed by atoms with van der Waals surface area (Å²) in [6.45, 7) is 6.75. The molecule has 49 nitrogen and oxygen atoms in total. The number of amides is 2. The normalized spacial score (nSPS) is 13.9. The smallest absolute Gasteiger partial charge is 0.349 e. The third kappa shape index (κ3) is 75.7. The van der Waals surface area contributed by atoms with Crippen molar-refractivity contribution in [2.45, 2.75) is 274 Å². The molecule has 2 aromatic rings. The average molecular weight is 2060 g/mol. The van der Waals surface area contributed by atoms with Gasteiger partial charge in [0.25, 0.3) is 0 Å². The van der Waals surface area contributed by atoms with Crippen molar-refractivity contribution in [1.29, 1.82) is 0 Å². The summed E-state index contributed by atoms with van der Waals surface area (Å²) in [5.74, 6) is -24.9. The number of carboxylic acid groups (broad SMARTS) is 18. The minimum absolute atomic E-state index is 0.0342. The van der Waals surface area contributed by atoms with Crippen LogP contribution in [0.4, 0.5) is 0 Å². The Hall–Kier alpha value is -13.4. The second-order valence-corrected chi connectivity index (χ2v) is 33.4. The van der Waals surface area contributed by atoms with E-state index in [1.54, 1.807) is 44.2 Å². The van der Waals surface area contributed by atoms with E-state index in [0.29, 0.717) is 36.4 Å². The second kappa shape index (κ2) is 81.6. The molecule has 0 radical (unpaired) electrons. The van der Waals surface area contributed by atoms with Crippen LogP contribution in [0, 0.1) is 17.8 Å². The highest BCUT2D eigenvalue weighted by molar-refractivity contribution is 8.00. The molecule has 0 bridgehead atoms. The van der Waals surface area contributed by atoms with E-state index in [-0.39, 0.29) is 68.8 Å². The molecule has 7 atom stereocenters. The first-order valence-corrected chi connectivity index (χ1v) is 46.5. The van der Waals surface area contributed by atoms with Gasteiger partial charge in [-0.2, -0.15) is 23.5 Å². The average Bonchev–Trinajstić information content (AvgIpc) is 1.63. The number of rotatable bonds is 62. The van der Waals surface area contributed by atoms with Crippen LogP contribution in [0.15, 0.2) is 65.7 Å². The van der Waals surface area contributed by atoms with E-state index in [1.807, 2.05) is 35.6 Å². The van der Waals surface area contributed by atoms with Gasteiger partial charge in [-0.05, 0) is 119 Å². The molecule has 25 N–H and O–H groups in total. The predicted molar refractivity (Wildman–Crippen MR) is 500 cm³/mol. The first kappa shape index (κ1) is 135. The largest absolute Gasteiger partial charge is 0.481 e. The molecule has 0 aromatic heterocycles. The number of aryl methyl sites for hydroxylation is 1. The molecule has 790 valence electrons. The number of carboxylic acids is 18. The van der Waals surface area contributed by atoms with E-state index in [9.17, 15) is 121 Å². The number of benzene rings is 2. The molecule has 1 aliphatic carbocycles. The molecular weight excluding hydrogens is 1930 g/mol. The number of unbranched alkanes of at least 4 members (excludes halogenated alkanes) is 12. The summed E-state index contributed by atoms with van der Waals surface area (Å²) in [5, 5.41) is 174. The SMILES string of the molecule is CC(C)OC(=O)CC(O)(CC(=O)O)C(=O)O.CCCCCCCCCCC(C(=O)O)C1(C(=O)O)CCC(=O)O1.NC=N[C@@H](CC(=O)O)C(=O)O.O=C(O)C(C(=O)O)C1CCCC1.O=C(O)CCCCCNC(=S)NCCCCCC(=O)O.O=C(O)CSCCCCSCC(=O)O.O=C(O)C[C@@H](NC(=O)CCc1ccccc1)C(=O)O.O=C(O)C[C@H](C(=O)O)c1ccccc1.O=CN[C@@H](CC(=O)O)C(=O)O. The van der Waals surface area contributed by atoms with E-state index in [1.165, 1.54) is 49.2 Å². The topological polar surface area (TPSA) is 865 Å². The van der Waals surface area contributed by atoms with Gasteiger partial charge in [-0.1, -0.05) is 145 Å². The van der Waals surface area contributed by atoms with E-state index >= 15 is 0 Å². The van der Waals surface area contributed by atoms with E-state index < -0.39 is 211 Å². The minimum atomic E-state index is -2.63. The van der Waals surface area contributed by atoms with Crippen LogP contribution in [0.2, 0.25) is 0 Å². The van der Waals surface area contributed by atoms with Crippen molar-refractivity contribution in [2.75, 3.05) is 36.1 Å². The van der Waals surface area contributed by atoms with Gasteiger partial charge in [-0.3, -0.25) is 86.5 Å². The minimum Gasteiger partial charge on any atom is -0.481 e. The number of thiocarbonyl (C=S) groups is 1. The zero-order valence-electron chi connectivity index (χ0n) is 77.7. The molecule has 1 aliphatic heterocycles. The van der Waals surface area contributed by atoms with Gasteiger partial charge in [0.15, 0.2) is 22.7 Å². The third-order valence-electron chi connectivity index (χ3n) is 18.8. The van der Waals surface area contributed by atoms with Gasteiger partial charge < -0.3 is 133 Å². The number of hydrogen-bond donors (Lipinski definition) is 24. The number of esters is 2. The van der Waals surface area contributed by atoms with Gasteiger partial charge in [-0.25, -0.2) is 24.0 Å². The Bertz CT molecular complexity index is 4140. The maximum atomic E-state index is 11.5. The number of aliphatic hydroxyl groups is 1. The molecule has 2 amide bonds. The fourth-order valence-electron chi connectivity index (χ4n) is 12.0. The lowest BCUT2D eigenvalue weighted by Gasteiger charge is -2.29. The molecule has 2 aromatic carbocycles. The number of nitrogens with two attached hydrogens (primary N) is 1. The summed E-state index contributed by atoms with van der Waals surface area (Å²) in [6, 6.07) is 13.6. The van der Waals surface area contributed by atoms with Crippen LogP contribution < -0.4 is 27.0 Å². The van der Waals surface area contributed by atoms with Crippen molar-refractivity contribution in [3.05, 3.63) is 71.8 Å². The first-order valence-electron chi connectivity index (χ1n) is 43.8. The lowest BCUT2D eigenvalue weighted by molar-refractivity contribution is -0.182. The number of cyclic esters (lactones) is 1. The molecule has 3 unspecified atom stereocenters. The molecule has 1 heterocycles. The second-order valence-electron chi connectivity index (χ2n) is 30.8. The molecule has 1 saturated carbocycles. The number of carbonyl (C=O) groups excluding carboxylic acids is 4. The summed E-state index contributed by atoms with van der Waals surface area (Å²) in [4.78, 5) is 236. The van der Waals surface area contributed by atoms with Crippen molar-refractivity contribution in [1.82, 2.24) is 21.3 Å². The van der Waals surface area contributed by atoms with Crippen LogP contribution in [0.1, 0.15) is 243 Å². The Morgan fingerprint density at radius 1 is 0.521 bits per heavy atom. The molecule has 0 spiro atoms. The van der Waals surface area contributed by atoms with Gasteiger partial charge in [0, 0.05) is 45.2 Å². The Kier molecular flexibility index (Phi) is 78.7. The van der Waals surface area contributed by atoms with Crippen LogP contribution in [0.5, 0.6) is 0 Å². The molecule has 140 heavy (non-hydrogen) atoms. The first-order chi connectivity index (χ1) is 65.6. The lowest BCUT2D eigenvalue weighted by Crippen LogP contribution is -2.49. The molecule has 1 saturated heterocycles. The zero-order chi connectivity index (χ0) is 108. The number of aliphatic imine (C=N–C) groups is 1. The van der Waals surface area contributed by atoms with Crippen molar-refractivity contribution in [3.63, 3.8) is 0 Å². The van der Waals surface area contributed by atoms with Gasteiger partial charge in [0.2, 0.25) is 17.9 Å². The Morgan fingerprint density at radius 2 is 0.971 bits per heavy atom. The van der Waals surface area contributed by atoms with Gasteiger partial charge in [-0.15, -0.1) is 0 Å². The van der Waals surface area contributed by atoms with Crippen LogP contribution in [0.25, 0.3) is 0 Å². The number of carbonyl (C=O) groups is 22. The summed E-state index contributed by atoms with van der Waals surface area (Å²) < 4.78 is 9.56. The Labute approximate surface area is 818 Å². The summed E-state index contributed by atoms with van der Waals surface area (Å²) in [6.07, 6.45) is 16.2. The fourth-order valence-corrected chi connectivity index (χ4v) is 13.7. The maximum Gasteiger partial charge on any atom is 0.349 e. The Morgan fingerprint density at radius 3 is 1.34 bits per heavy atom. The third-order valence-corrected chi connectivity index (χ3v) is 21.2. The quantitative estimate of drug-likeness (QED) is 0.00626. The predicted octanol–water partition coefficient (Wildman–Crippen LogP) is 6.66. The van der Waals surface area contributed by atoms with Crippen LogP contribution in [-0.4, -0.2) is 312 Å². The molecule has 4 rings (SSSR count). The zero-order valence-corrected chi connectivity index (χ0v) is 80.1. The maximum absolute atomic E-state index is 11.5. The van der Waals surface area contributed by atoms with Crippen LogP contribution in [0.3, 0.4) is 0 Å². The summed E-state index contributed by atoms with van der Waals surface area (Å²) in [5.41, 5.74) is 1.76. The molecule has 2 fully saturated rings. The highest BCUT2D eigenvalue weighted by Crippen LogP contribution is 2.38. The van der Waals surface area contributed by atoms with E-state index in [4.69, 9.17) is 104 Å². The monoisotopic (exact) mass is 2060 g/mol. The standard InChI is InChI=1S/C17H28O6.C13H24N2O4S.C13H15NO5.C10H10O4.C9H14O7.C8H14O4S2.C8H12O4.C5H8N2O4.C5H7NO5/c1-2-3-4-5-6-7-8-9-10-13(15(19)20)17(16(21)22)12-11-14(18)23-17;16-11(17)7-3-1-5-9-14-13(20)15-10-6-2-4-8-12(18)19;15-11(7-6-9-4-2-1-3-5-9)14-10(13(18)19)8-12(16)17;11-9(12)6-8(10(13)14)7-4-2-1-3-5-7;1-5(2)16-7(12)4-9(15,8(13)14)3-6(10)11;9-7(10)5-13-3-1-2-4-14-6-8(11)12;9-7(10)6(8(11)12)5-3-1-2-4-5;6-2-7-3(5(10)11)1-4(8)9;7-2-6-3(5(10)11)1-4(8)9/h13H,2-12H2,1H3,(H,19,20)(H,21,22);1-10H2,(H,16,17)(H,18,19)(H2,14,15,20);1-5,10H,6-8H2,(H,14,15)(H,16,17)(H,18,19);1-5,8H,6H2,(H,11,12)(H,13,14);5,15H,3-4H2,1-2H3,(H,10,11)(H,13,14);1-6H2,(H,9,10)(H,11,12);5-6H,1-4H2,(H,9,10)(H,11,12);2-3H,1H2,(H2,6,7)(H,8,9)(H,10,11);2-3H,1H2,(H,6,7)(H,8,9)(H,10,11)/t;;10-;8-;;;;2*3-/m..10...00/s1. The summed E-state index contributed by atoms with van der Waals surface area (Å²) >= 11 is 7.88. The van der Waals surface area contributed by atoms with E-state index in [2.05, 4.69) is 32.6 Å². The number of aliphatic carboxylic acids is 18. The fraction of sp³-hybridized carbons (Fsp3) is 0.591. The van der Waals surface area contributed by atoms with Crippen LogP contribution >= 0.6 is 35.7 Å². The molecule has 2 aliphatic rings. The van der Waals surface area contributed by atoms with Crippen molar-refractivity contribution < 1.29 is 212 Å². The highest BCUT2D eigenvalue weighted by Gasteiger charge is 2.56. The number of thioether (sulfide) groups is 2. The van der Waals surface area contributed by atoms with Gasteiger partial charge in [0.05, 0.1) is 68.4 Å². The number of nitrogens with zero attached hydrogens (tertiary/aromatic N) is 1. The van der Waals surface area contributed by atoms with Gasteiger partial charge in [0.1, 0.15) is 18.0 Å².